The van der Waals surface area contributed by atoms with Crippen molar-refractivity contribution in [2.24, 2.45) is 0 Å². The third-order valence-corrected chi connectivity index (χ3v) is 10.9. The number of allylic oxidation sites excluding steroid dienone is 1. The van der Waals surface area contributed by atoms with Crippen LogP contribution in [0.3, 0.4) is 0 Å². The van der Waals surface area contributed by atoms with E-state index in [9.17, 15) is 45.6 Å². The maximum atomic E-state index is 10.2. The molecule has 0 saturated heterocycles. The summed E-state index contributed by atoms with van der Waals surface area (Å²) in [4.78, 5) is 20.7. The maximum absolute atomic E-state index is 10.2. The molecule has 9 unspecified atom stereocenters. The van der Waals surface area contributed by atoms with E-state index in [1.165, 1.54) is 70.8 Å². The molecule has 0 aromatic heterocycles. The zero-order chi connectivity index (χ0) is 55.7. The second-order valence-electron chi connectivity index (χ2n) is 19.0. The molecule has 0 rings (SSSR count). The maximum Gasteiger partial charge on any atom is 0.152 e. The van der Waals surface area contributed by atoms with E-state index in [-0.39, 0.29) is 5.78 Å². The fraction of sp³-hybridized carbons (Fsp3) is 0.807. The number of hydrogen-bond donors (Lipinski definition) is 9. The van der Waals surface area contributed by atoms with Crippen LogP contribution >= 0.6 is 0 Å². The van der Waals surface area contributed by atoms with Crippen molar-refractivity contribution in [2.75, 3.05) is 72.0 Å². The number of rotatable bonds is 40. The minimum absolute atomic E-state index is 0.0362. The molecule has 9 atom stereocenters. The molecule has 72 heavy (non-hydrogen) atoms. The minimum Gasteiger partial charge on any atom is -0.389 e. The fourth-order valence-corrected chi connectivity index (χ4v) is 7.13. The van der Waals surface area contributed by atoms with Gasteiger partial charge in [-0.3, -0.25) is 24.4 Å². The van der Waals surface area contributed by atoms with Crippen molar-refractivity contribution < 1.29 is 50.8 Å². The van der Waals surface area contributed by atoms with Gasteiger partial charge in [-0.25, -0.2) is 0 Å². The monoisotopic (exact) mass is 1030 g/mol. The Morgan fingerprint density at radius 3 is 0.722 bits per heavy atom. The molecule has 0 amide bonds. The van der Waals surface area contributed by atoms with Crippen LogP contribution in [0.15, 0.2) is 60.8 Å². The summed E-state index contributed by atoms with van der Waals surface area (Å²) in [6.45, 7) is 34.9. The van der Waals surface area contributed by atoms with Crippen molar-refractivity contribution in [3.63, 3.8) is 0 Å². The SMILES string of the molecule is CC(=O)/C=C/C(C)O.CCCCN(CCC)CCCC.CCCN(CCCCN(CCC)C(O)/C=C/C(C)O)C(O)/C=C/C(C)O.CCCN(CCCCN(CCC)C(O)/C=C/C(C)O)C(O)/C=C/C(C)O. The largest absolute Gasteiger partial charge is 0.389 e. The van der Waals surface area contributed by atoms with Gasteiger partial charge in [-0.1, -0.05) is 91.7 Å². The molecule has 0 radical (unpaired) electrons. The first-order chi connectivity index (χ1) is 34.1. The first-order valence-electron chi connectivity index (χ1n) is 27.8. The average molecular weight is 1030 g/mol. The van der Waals surface area contributed by atoms with Crippen molar-refractivity contribution >= 4 is 5.78 Å². The van der Waals surface area contributed by atoms with Crippen LogP contribution in [0.5, 0.6) is 0 Å². The van der Waals surface area contributed by atoms with Crippen LogP contribution in [0, 0.1) is 0 Å². The van der Waals surface area contributed by atoms with Gasteiger partial charge in [0.25, 0.3) is 0 Å². The molecular formula is C57H115N5O10. The summed E-state index contributed by atoms with van der Waals surface area (Å²) in [5.74, 6) is -0.0362. The third kappa shape index (κ3) is 52.7. The molecule has 428 valence electrons. The third-order valence-electron chi connectivity index (χ3n) is 10.9. The van der Waals surface area contributed by atoms with E-state index in [0.29, 0.717) is 0 Å². The molecule has 0 saturated carbocycles. The lowest BCUT2D eigenvalue weighted by Crippen LogP contribution is -2.37. The molecule has 0 aliphatic carbocycles. The first kappa shape index (κ1) is 76.3. The average Bonchev–Trinajstić information content (AvgIpc) is 3.32. The summed E-state index contributed by atoms with van der Waals surface area (Å²) >= 11 is 0. The van der Waals surface area contributed by atoms with E-state index < -0.39 is 55.4 Å². The van der Waals surface area contributed by atoms with Gasteiger partial charge in [-0.15, -0.1) is 0 Å². The van der Waals surface area contributed by atoms with Crippen LogP contribution < -0.4 is 0 Å². The van der Waals surface area contributed by atoms with Gasteiger partial charge in [-0.2, -0.15) is 0 Å². The van der Waals surface area contributed by atoms with Crippen LogP contribution in [0.25, 0.3) is 0 Å². The molecule has 15 nitrogen and oxygen atoms in total. The second-order valence-corrected chi connectivity index (χ2v) is 19.0. The summed E-state index contributed by atoms with van der Waals surface area (Å²) in [5, 5.41) is 86.7. The van der Waals surface area contributed by atoms with Crippen molar-refractivity contribution in [1.29, 1.82) is 0 Å². The summed E-state index contributed by atoms with van der Waals surface area (Å²) < 4.78 is 0. The second kappa shape index (κ2) is 53.6. The number of aliphatic hydroxyl groups excluding tert-OH is 9. The van der Waals surface area contributed by atoms with Gasteiger partial charge in [0, 0.05) is 52.4 Å². The van der Waals surface area contributed by atoms with Gasteiger partial charge >= 0.3 is 0 Å². The molecule has 0 aromatic rings. The van der Waals surface area contributed by atoms with E-state index in [0.717, 1.165) is 104 Å². The van der Waals surface area contributed by atoms with Crippen molar-refractivity contribution in [1.82, 2.24) is 24.5 Å². The minimum atomic E-state index is -0.684. The van der Waals surface area contributed by atoms with Crippen molar-refractivity contribution in [3.05, 3.63) is 60.8 Å². The van der Waals surface area contributed by atoms with Crippen LogP contribution in [0.1, 0.15) is 173 Å². The Labute approximate surface area is 441 Å². The molecular weight excluding hydrogens is 915 g/mol. The number of aliphatic hydroxyl groups is 9. The first-order valence-corrected chi connectivity index (χ1v) is 27.8. The normalized spacial score (nSPS) is 16.0. The highest BCUT2D eigenvalue weighted by Crippen LogP contribution is 2.10. The van der Waals surface area contributed by atoms with Gasteiger partial charge in [-0.05, 0) is 162 Å². The smallest absolute Gasteiger partial charge is 0.152 e. The number of carbonyl (C=O) groups is 1. The summed E-state index contributed by atoms with van der Waals surface area (Å²) in [5.41, 5.74) is 0. The highest BCUT2D eigenvalue weighted by molar-refractivity contribution is 5.87. The number of nitrogens with zero attached hydrogens (tertiary/aromatic N) is 5. The topological polar surface area (TPSA) is 215 Å². The van der Waals surface area contributed by atoms with Crippen LogP contribution in [0.4, 0.5) is 0 Å². The van der Waals surface area contributed by atoms with Crippen molar-refractivity contribution in [3.8, 4) is 0 Å². The molecule has 0 spiro atoms. The van der Waals surface area contributed by atoms with Gasteiger partial charge in [0.05, 0.1) is 30.5 Å². The lowest BCUT2D eigenvalue weighted by atomic mass is 10.2. The summed E-state index contributed by atoms with van der Waals surface area (Å²) in [6.07, 6.45) is 24.3. The molecule has 0 aliphatic heterocycles. The van der Waals surface area contributed by atoms with Crippen LogP contribution in [-0.2, 0) is 4.79 Å². The van der Waals surface area contributed by atoms with Crippen molar-refractivity contribution in [2.45, 2.75) is 229 Å². The zero-order valence-electron chi connectivity index (χ0n) is 48.1. The number of ketones is 1. The predicted molar refractivity (Wildman–Crippen MR) is 301 cm³/mol. The molecule has 15 heteroatoms. The van der Waals surface area contributed by atoms with E-state index in [2.05, 4.69) is 53.4 Å². The number of unbranched alkanes of at least 4 members (excludes halogenated alkanes) is 4. The number of carbonyl (C=O) groups excluding carboxylic acids is 1. The quantitative estimate of drug-likeness (QED) is 0.0128. The van der Waals surface area contributed by atoms with E-state index in [4.69, 9.17) is 5.11 Å². The Morgan fingerprint density at radius 2 is 0.556 bits per heavy atom. The molecule has 0 aromatic carbocycles. The molecule has 0 heterocycles. The molecule has 0 aliphatic rings. The highest BCUT2D eigenvalue weighted by atomic mass is 16.3. The molecule has 0 bridgehead atoms. The van der Waals surface area contributed by atoms with Gasteiger partial charge < -0.3 is 50.9 Å². The Hall–Kier alpha value is -2.19. The Morgan fingerprint density at radius 1 is 0.319 bits per heavy atom. The Bertz CT molecular complexity index is 1160. The predicted octanol–water partition coefficient (Wildman–Crippen LogP) is 7.21. The van der Waals surface area contributed by atoms with Gasteiger partial charge in [0.2, 0.25) is 0 Å². The van der Waals surface area contributed by atoms with Crippen LogP contribution in [0.2, 0.25) is 0 Å². The lowest BCUT2D eigenvalue weighted by Gasteiger charge is -2.28. The standard InChI is InChI=1S/2C20H40N2O4.C11H25N.C6H10O2/c2*1-5-13-21(19(25)11-9-17(3)23)15-7-8-16-22(14-6-2)20(26)12-10-18(4)24;1-4-7-10-12(9-6-3)11-8-5-2;1-5(7)3-4-6(2)8/h2*9-12,17-20,23-26H,5-8,13-16H2,1-4H3;4-11H2,1-3H3;3-5,7H,1-2H3/b2*11-9+,12-10+;;4-3+. The van der Waals surface area contributed by atoms with E-state index in [1.807, 2.05) is 19.6 Å². The van der Waals surface area contributed by atoms with E-state index in [1.54, 1.807) is 83.2 Å². The van der Waals surface area contributed by atoms with Gasteiger partial charge in [0.1, 0.15) is 24.9 Å². The molecule has 0 fully saturated rings. The number of hydrogen-bond acceptors (Lipinski definition) is 15. The van der Waals surface area contributed by atoms with Gasteiger partial charge in [0.15, 0.2) is 5.78 Å². The fourth-order valence-electron chi connectivity index (χ4n) is 7.13. The highest BCUT2D eigenvalue weighted by Gasteiger charge is 2.16. The van der Waals surface area contributed by atoms with Crippen LogP contribution in [-0.4, -0.2) is 204 Å². The summed E-state index contributed by atoms with van der Waals surface area (Å²) in [7, 11) is 0. The van der Waals surface area contributed by atoms with E-state index >= 15 is 0 Å². The zero-order valence-corrected chi connectivity index (χ0v) is 48.1. The lowest BCUT2D eigenvalue weighted by molar-refractivity contribution is -0.112. The Balaban J connectivity index is -0.000000469. The Kier molecular flexibility index (Phi) is 56.8. The summed E-state index contributed by atoms with van der Waals surface area (Å²) in [6, 6.07) is 0. The molecule has 9 N–H and O–H groups in total.